The minimum Gasteiger partial charge on any atom is -0.376 e. The first-order valence-corrected chi connectivity index (χ1v) is 7.80. The first-order chi connectivity index (χ1) is 11.3. The third-order valence-electron chi connectivity index (χ3n) is 3.53. The van der Waals surface area contributed by atoms with Crippen molar-refractivity contribution in [2.24, 2.45) is 0 Å². The molecule has 1 fully saturated rings. The summed E-state index contributed by atoms with van der Waals surface area (Å²) in [5, 5.41) is 4.82. The van der Waals surface area contributed by atoms with Gasteiger partial charge in [-0.15, -0.1) is 0 Å². The molecule has 0 aliphatic carbocycles. The van der Waals surface area contributed by atoms with Gasteiger partial charge in [-0.2, -0.15) is 13.2 Å². The predicted molar refractivity (Wildman–Crippen MR) is 84.1 cm³/mol. The first kappa shape index (κ1) is 18.4. The summed E-state index contributed by atoms with van der Waals surface area (Å²) in [6.07, 6.45) is -2.61. The van der Waals surface area contributed by atoms with Crippen molar-refractivity contribution in [3.63, 3.8) is 0 Å². The second-order valence-electron chi connectivity index (χ2n) is 5.43. The molecule has 2 rings (SSSR count). The summed E-state index contributed by atoms with van der Waals surface area (Å²) in [6, 6.07) is 4.55. The van der Waals surface area contributed by atoms with Gasteiger partial charge in [0, 0.05) is 23.8 Å². The summed E-state index contributed by atoms with van der Waals surface area (Å²) in [7, 11) is 0. The molecule has 0 radical (unpaired) electrons. The lowest BCUT2D eigenvalue weighted by atomic mass is 10.1. The van der Waals surface area contributed by atoms with Gasteiger partial charge in [0.15, 0.2) is 0 Å². The number of carbonyl (C=O) groups excluding carboxylic acids is 2. The van der Waals surface area contributed by atoms with E-state index >= 15 is 0 Å². The van der Waals surface area contributed by atoms with Crippen LogP contribution in [-0.2, 0) is 4.79 Å². The van der Waals surface area contributed by atoms with Gasteiger partial charge in [-0.05, 0) is 31.0 Å². The van der Waals surface area contributed by atoms with Gasteiger partial charge >= 0.3 is 6.18 Å². The molecule has 132 valence electrons. The van der Waals surface area contributed by atoms with Crippen LogP contribution in [0.1, 0.15) is 23.2 Å². The van der Waals surface area contributed by atoms with Crippen LogP contribution in [-0.4, -0.2) is 49.1 Å². The Labute approximate surface area is 142 Å². The molecule has 2 N–H and O–H groups in total. The molecule has 1 aromatic carbocycles. The average molecular weight is 364 g/mol. The van der Waals surface area contributed by atoms with Gasteiger partial charge in [0.25, 0.3) is 5.91 Å². The minimum atomic E-state index is -4.47. The van der Waals surface area contributed by atoms with Crippen molar-refractivity contribution in [2.75, 3.05) is 31.5 Å². The van der Waals surface area contributed by atoms with Crippen molar-refractivity contribution in [3.8, 4) is 0 Å². The Bertz CT molecular complexity index is 616. The number of nitrogens with one attached hydrogen (secondary N) is 2. The summed E-state index contributed by atoms with van der Waals surface area (Å²) in [4.78, 5) is 25.7. The number of benzene rings is 1. The number of nitrogens with zero attached hydrogens (tertiary/aromatic N) is 1. The van der Waals surface area contributed by atoms with Crippen molar-refractivity contribution in [2.45, 2.75) is 19.0 Å². The van der Waals surface area contributed by atoms with E-state index in [0.29, 0.717) is 29.4 Å². The maximum atomic E-state index is 12.5. The highest BCUT2D eigenvalue weighted by Gasteiger charge is 2.27. The molecule has 9 heteroatoms. The largest absolute Gasteiger partial charge is 0.405 e. The lowest BCUT2D eigenvalue weighted by molar-refractivity contribution is -0.137. The van der Waals surface area contributed by atoms with Crippen LogP contribution in [0.3, 0.4) is 0 Å². The number of likely N-dealkylation sites (tertiary alicyclic amines) is 1. The maximum absolute atomic E-state index is 12.5. The van der Waals surface area contributed by atoms with E-state index in [4.69, 9.17) is 11.6 Å². The van der Waals surface area contributed by atoms with Gasteiger partial charge < -0.3 is 15.5 Å². The van der Waals surface area contributed by atoms with E-state index in [-0.39, 0.29) is 12.5 Å². The van der Waals surface area contributed by atoms with Crippen molar-refractivity contribution in [3.05, 3.63) is 28.8 Å². The number of halogens is 4. The Morgan fingerprint density at radius 1 is 1.21 bits per heavy atom. The molecular formula is C15H17ClF3N3O2. The molecule has 1 aliphatic heterocycles. The second-order valence-corrected chi connectivity index (χ2v) is 5.87. The Morgan fingerprint density at radius 2 is 1.88 bits per heavy atom. The van der Waals surface area contributed by atoms with E-state index in [2.05, 4.69) is 5.32 Å². The highest BCUT2D eigenvalue weighted by molar-refractivity contribution is 6.31. The number of amides is 2. The van der Waals surface area contributed by atoms with Crippen LogP contribution in [0.15, 0.2) is 18.2 Å². The Hall–Kier alpha value is -1.96. The monoisotopic (exact) mass is 363 g/mol. The van der Waals surface area contributed by atoms with Crippen LogP contribution in [0.2, 0.25) is 5.02 Å². The van der Waals surface area contributed by atoms with Crippen LogP contribution in [0.5, 0.6) is 0 Å². The minimum absolute atomic E-state index is 0.215. The first-order valence-electron chi connectivity index (χ1n) is 7.42. The van der Waals surface area contributed by atoms with E-state index < -0.39 is 18.6 Å². The number of alkyl halides is 3. The fraction of sp³-hybridized carbons (Fsp3) is 0.467. The topological polar surface area (TPSA) is 61.4 Å². The number of anilines is 1. The predicted octanol–water partition coefficient (Wildman–Crippen LogP) is 2.67. The summed E-state index contributed by atoms with van der Waals surface area (Å²) in [5.41, 5.74) is 0.659. The molecule has 0 saturated carbocycles. The number of carbonyl (C=O) groups is 2. The van der Waals surface area contributed by atoms with Gasteiger partial charge in [0.2, 0.25) is 5.91 Å². The van der Waals surface area contributed by atoms with Crippen LogP contribution in [0.25, 0.3) is 0 Å². The molecule has 0 atom stereocenters. The van der Waals surface area contributed by atoms with Gasteiger partial charge in [-0.3, -0.25) is 9.59 Å². The second kappa shape index (κ2) is 7.74. The molecule has 0 bridgehead atoms. The van der Waals surface area contributed by atoms with Crippen LogP contribution in [0.4, 0.5) is 18.9 Å². The van der Waals surface area contributed by atoms with Crippen molar-refractivity contribution in [1.29, 1.82) is 0 Å². The molecule has 0 spiro atoms. The molecule has 24 heavy (non-hydrogen) atoms. The Kier molecular flexibility index (Phi) is 5.93. The fourth-order valence-corrected chi connectivity index (χ4v) is 2.55. The summed E-state index contributed by atoms with van der Waals surface area (Å²) in [5.74, 6) is -1.03. The van der Waals surface area contributed by atoms with Gasteiger partial charge in [0.05, 0.1) is 12.1 Å². The summed E-state index contributed by atoms with van der Waals surface area (Å²) >= 11 is 5.93. The van der Waals surface area contributed by atoms with Gasteiger partial charge in [0.1, 0.15) is 6.54 Å². The fourth-order valence-electron chi connectivity index (χ4n) is 2.37. The average Bonchev–Trinajstić information content (AvgIpc) is 3.04. The standard InChI is InChI=1S/C15H17ClF3N3O2/c16-10-3-4-12(20-8-13(23)21-9-15(17,18)19)11(7-10)14(24)22-5-1-2-6-22/h3-4,7,20H,1-2,5-6,8-9H2,(H,21,23). The van der Waals surface area contributed by atoms with Crippen LogP contribution < -0.4 is 10.6 Å². The van der Waals surface area contributed by atoms with E-state index in [1.54, 1.807) is 10.2 Å². The normalized spacial score (nSPS) is 14.6. The zero-order chi connectivity index (χ0) is 17.7. The smallest absolute Gasteiger partial charge is 0.376 e. The van der Waals surface area contributed by atoms with E-state index in [0.717, 1.165) is 12.8 Å². The lowest BCUT2D eigenvalue weighted by Crippen LogP contribution is -2.37. The molecule has 2 amide bonds. The molecule has 1 aromatic rings. The van der Waals surface area contributed by atoms with E-state index in [1.165, 1.54) is 18.2 Å². The molecule has 5 nitrogen and oxygen atoms in total. The zero-order valence-corrected chi connectivity index (χ0v) is 13.5. The number of hydrogen-bond donors (Lipinski definition) is 2. The van der Waals surface area contributed by atoms with Gasteiger partial charge in [-0.1, -0.05) is 11.6 Å². The number of rotatable bonds is 5. The molecule has 1 heterocycles. The van der Waals surface area contributed by atoms with Crippen LogP contribution in [0, 0.1) is 0 Å². The highest BCUT2D eigenvalue weighted by atomic mass is 35.5. The molecule has 0 aromatic heterocycles. The number of hydrogen-bond acceptors (Lipinski definition) is 3. The summed E-state index contributed by atoms with van der Waals surface area (Å²) in [6.45, 7) is -0.473. The molecule has 1 saturated heterocycles. The van der Waals surface area contributed by atoms with Gasteiger partial charge in [-0.25, -0.2) is 0 Å². The molecule has 1 aliphatic rings. The quantitative estimate of drug-likeness (QED) is 0.845. The Morgan fingerprint density at radius 3 is 2.50 bits per heavy atom. The third-order valence-corrected chi connectivity index (χ3v) is 3.77. The highest BCUT2D eigenvalue weighted by Crippen LogP contribution is 2.24. The third kappa shape index (κ3) is 5.30. The van der Waals surface area contributed by atoms with E-state index in [1.807, 2.05) is 0 Å². The molecule has 0 unspecified atom stereocenters. The zero-order valence-electron chi connectivity index (χ0n) is 12.8. The summed E-state index contributed by atoms with van der Waals surface area (Å²) < 4.78 is 36.2. The van der Waals surface area contributed by atoms with Crippen molar-refractivity contribution in [1.82, 2.24) is 10.2 Å². The van der Waals surface area contributed by atoms with Crippen LogP contribution >= 0.6 is 11.6 Å². The maximum Gasteiger partial charge on any atom is 0.405 e. The van der Waals surface area contributed by atoms with Crippen molar-refractivity contribution >= 4 is 29.1 Å². The van der Waals surface area contributed by atoms with E-state index in [9.17, 15) is 22.8 Å². The Balaban J connectivity index is 2.02. The van der Waals surface area contributed by atoms with Crippen molar-refractivity contribution < 1.29 is 22.8 Å². The molecular weight excluding hydrogens is 347 g/mol. The lowest BCUT2D eigenvalue weighted by Gasteiger charge is -2.18. The SMILES string of the molecule is O=C(CNc1ccc(Cl)cc1C(=O)N1CCCC1)NCC(F)(F)F.